The Balaban J connectivity index is 1.57. The molecule has 3 rings (SSSR count). The molecule has 33 heavy (non-hydrogen) atoms. The predicted octanol–water partition coefficient (Wildman–Crippen LogP) is 0.232. The maximum atomic E-state index is 12.4. The summed E-state index contributed by atoms with van der Waals surface area (Å²) in [6.07, 6.45) is 2.25. The summed E-state index contributed by atoms with van der Waals surface area (Å²) in [4.78, 5) is 35.7. The van der Waals surface area contributed by atoms with Crippen molar-refractivity contribution in [3.63, 3.8) is 0 Å². The van der Waals surface area contributed by atoms with Gasteiger partial charge < -0.3 is 27.0 Å². The lowest BCUT2D eigenvalue weighted by Gasteiger charge is -2.14. The summed E-state index contributed by atoms with van der Waals surface area (Å²) in [5.74, 6) is -2.17. The molecule has 10 nitrogen and oxygen atoms in total. The van der Waals surface area contributed by atoms with Crippen molar-refractivity contribution in [1.29, 1.82) is 0 Å². The molecule has 8 N–H and O–H groups in total. The van der Waals surface area contributed by atoms with E-state index in [4.69, 9.17) is 16.6 Å². The van der Waals surface area contributed by atoms with Gasteiger partial charge in [-0.25, -0.2) is 0 Å². The van der Waals surface area contributed by atoms with Gasteiger partial charge in [0, 0.05) is 17.1 Å². The Labute approximate surface area is 190 Å². The smallest absolute Gasteiger partial charge is 0.307 e. The number of carboxylic acid groups (broad SMARTS) is 1. The minimum Gasteiger partial charge on any atom is -0.508 e. The molecule has 174 valence electrons. The number of rotatable bonds is 10. The molecule has 2 amide bonds. The molecule has 0 unspecified atom stereocenters. The van der Waals surface area contributed by atoms with Crippen molar-refractivity contribution in [1.82, 2.24) is 9.99 Å². The molecule has 1 aromatic heterocycles. The second-order valence-corrected chi connectivity index (χ2v) is 7.68. The highest BCUT2D eigenvalue weighted by molar-refractivity contribution is 5.93. The topological polar surface area (TPSA) is 173 Å². The van der Waals surface area contributed by atoms with Gasteiger partial charge in [-0.15, -0.1) is 0 Å². The molecule has 1 atom stereocenters. The van der Waals surface area contributed by atoms with Gasteiger partial charge in [0.05, 0.1) is 24.5 Å². The summed E-state index contributed by atoms with van der Waals surface area (Å²) < 4.78 is 1.61. The van der Waals surface area contributed by atoms with Crippen molar-refractivity contribution in [2.75, 3.05) is 18.5 Å². The number of nitrogens with one attached hydrogen (secondary N) is 2. The number of carboxylic acids is 1. The summed E-state index contributed by atoms with van der Waals surface area (Å²) in [5, 5.41) is 22.2. The van der Waals surface area contributed by atoms with Crippen LogP contribution in [0.5, 0.6) is 5.75 Å². The van der Waals surface area contributed by atoms with Gasteiger partial charge in [0.1, 0.15) is 5.75 Å². The summed E-state index contributed by atoms with van der Waals surface area (Å²) in [6, 6.07) is 11.1. The Morgan fingerprint density at radius 3 is 2.58 bits per heavy atom. The number of hydrogen-bond acceptors (Lipinski definition) is 6. The van der Waals surface area contributed by atoms with Crippen molar-refractivity contribution in [2.24, 2.45) is 11.5 Å². The standard InChI is InChI=1S/C23H27N5O5/c24-8-7-15-13-28(19-4-2-1-3-17(15)19)27-21(30)12-26-23(33)18(25)10-14-5-6-20(29)16(9-14)11-22(31)32/h1-6,9,13,18,29H,7-8,10-12,24-25H2,(H,26,33)(H,27,30)(H,31,32)/t18-/m0/s1. The molecule has 10 heteroatoms. The van der Waals surface area contributed by atoms with Crippen LogP contribution in [0.25, 0.3) is 10.9 Å². The Hall–Kier alpha value is -3.89. The van der Waals surface area contributed by atoms with Gasteiger partial charge in [-0.05, 0) is 42.6 Å². The normalized spacial score (nSPS) is 11.8. The molecule has 0 saturated heterocycles. The fourth-order valence-corrected chi connectivity index (χ4v) is 3.59. The molecule has 1 heterocycles. The first-order chi connectivity index (χ1) is 15.8. The van der Waals surface area contributed by atoms with E-state index in [1.54, 1.807) is 10.7 Å². The second-order valence-electron chi connectivity index (χ2n) is 7.68. The number of carbonyl (C=O) groups excluding carboxylic acids is 2. The quantitative estimate of drug-likeness (QED) is 0.255. The van der Waals surface area contributed by atoms with E-state index < -0.39 is 23.8 Å². The second kappa shape index (κ2) is 10.6. The number of aromatic nitrogens is 1. The number of phenolic OH excluding ortho intramolecular Hbond substituents is 1. The van der Waals surface area contributed by atoms with Crippen LogP contribution in [0.1, 0.15) is 16.7 Å². The van der Waals surface area contributed by atoms with Gasteiger partial charge in [0.15, 0.2) is 0 Å². The van der Waals surface area contributed by atoms with Gasteiger partial charge >= 0.3 is 5.97 Å². The Morgan fingerprint density at radius 1 is 1.09 bits per heavy atom. The third kappa shape index (κ3) is 6.09. The molecular formula is C23H27N5O5. The molecule has 0 spiro atoms. The van der Waals surface area contributed by atoms with Crippen molar-refractivity contribution in [3.8, 4) is 5.75 Å². The number of aliphatic carboxylic acids is 1. The lowest BCUT2D eigenvalue weighted by Crippen LogP contribution is -2.45. The number of fused-ring (bicyclic) bond motifs is 1. The molecule has 0 radical (unpaired) electrons. The van der Waals surface area contributed by atoms with Crippen LogP contribution in [0.15, 0.2) is 48.7 Å². The lowest BCUT2D eigenvalue weighted by molar-refractivity contribution is -0.136. The molecule has 0 saturated carbocycles. The number of aromatic hydroxyl groups is 1. The van der Waals surface area contributed by atoms with Crippen LogP contribution in [-0.2, 0) is 33.6 Å². The van der Waals surface area contributed by atoms with E-state index >= 15 is 0 Å². The number of para-hydroxylation sites is 1. The molecule has 0 bridgehead atoms. The predicted molar refractivity (Wildman–Crippen MR) is 123 cm³/mol. The highest BCUT2D eigenvalue weighted by atomic mass is 16.4. The molecule has 0 aliphatic heterocycles. The van der Waals surface area contributed by atoms with E-state index in [0.717, 1.165) is 16.5 Å². The molecule has 3 aromatic rings. The number of nitrogens with two attached hydrogens (primary N) is 2. The van der Waals surface area contributed by atoms with E-state index in [1.807, 2.05) is 30.5 Å². The van der Waals surface area contributed by atoms with Crippen LogP contribution in [0.2, 0.25) is 0 Å². The summed E-state index contributed by atoms with van der Waals surface area (Å²) >= 11 is 0. The number of nitrogens with zero attached hydrogens (tertiary/aromatic N) is 1. The zero-order valence-electron chi connectivity index (χ0n) is 18.0. The number of benzene rings is 2. The summed E-state index contributed by atoms with van der Waals surface area (Å²) in [6.45, 7) is 0.208. The number of amides is 2. The van der Waals surface area contributed by atoms with E-state index in [2.05, 4.69) is 10.7 Å². The zero-order valence-corrected chi connectivity index (χ0v) is 18.0. The average Bonchev–Trinajstić information content (AvgIpc) is 3.11. The Morgan fingerprint density at radius 2 is 1.85 bits per heavy atom. The van der Waals surface area contributed by atoms with Gasteiger partial charge in [0.25, 0.3) is 5.91 Å². The first-order valence-electron chi connectivity index (χ1n) is 10.4. The van der Waals surface area contributed by atoms with E-state index in [1.165, 1.54) is 12.1 Å². The molecule has 0 aliphatic carbocycles. The van der Waals surface area contributed by atoms with E-state index in [0.29, 0.717) is 18.5 Å². The summed E-state index contributed by atoms with van der Waals surface area (Å²) in [7, 11) is 0. The zero-order chi connectivity index (χ0) is 24.0. The third-order valence-electron chi connectivity index (χ3n) is 5.15. The van der Waals surface area contributed by atoms with Crippen molar-refractivity contribution < 1.29 is 24.6 Å². The monoisotopic (exact) mass is 453 g/mol. The van der Waals surface area contributed by atoms with Crippen LogP contribution in [-0.4, -0.2) is 51.8 Å². The van der Waals surface area contributed by atoms with Gasteiger partial charge in [0.2, 0.25) is 5.91 Å². The first kappa shape index (κ1) is 23.8. The SMILES string of the molecule is NCCc1cn(NC(=O)CNC(=O)[C@@H](N)Cc2ccc(O)c(CC(=O)O)c2)c2ccccc12. The Kier molecular flexibility index (Phi) is 7.65. The van der Waals surface area contributed by atoms with Crippen molar-refractivity contribution in [2.45, 2.75) is 25.3 Å². The van der Waals surface area contributed by atoms with Crippen LogP contribution >= 0.6 is 0 Å². The number of hydrogen-bond donors (Lipinski definition) is 6. The highest BCUT2D eigenvalue weighted by Gasteiger charge is 2.17. The molecule has 2 aromatic carbocycles. The average molecular weight is 453 g/mol. The molecule has 0 aliphatic rings. The fraction of sp³-hybridized carbons (Fsp3) is 0.261. The first-order valence-corrected chi connectivity index (χ1v) is 10.4. The minimum atomic E-state index is -1.08. The fourth-order valence-electron chi connectivity index (χ4n) is 3.59. The maximum Gasteiger partial charge on any atom is 0.307 e. The largest absolute Gasteiger partial charge is 0.508 e. The van der Waals surface area contributed by atoms with E-state index in [-0.39, 0.29) is 30.7 Å². The van der Waals surface area contributed by atoms with Crippen LogP contribution in [0.4, 0.5) is 0 Å². The molecular weight excluding hydrogens is 426 g/mol. The lowest BCUT2D eigenvalue weighted by atomic mass is 10.0. The van der Waals surface area contributed by atoms with E-state index in [9.17, 15) is 19.5 Å². The van der Waals surface area contributed by atoms with Crippen molar-refractivity contribution >= 4 is 28.7 Å². The Bertz CT molecular complexity index is 1170. The highest BCUT2D eigenvalue weighted by Crippen LogP contribution is 2.21. The molecule has 0 fully saturated rings. The van der Waals surface area contributed by atoms with Crippen LogP contribution in [0, 0.1) is 0 Å². The summed E-state index contributed by atoms with van der Waals surface area (Å²) in [5.41, 5.74) is 17.0. The van der Waals surface area contributed by atoms with Crippen LogP contribution in [0.3, 0.4) is 0 Å². The van der Waals surface area contributed by atoms with Crippen LogP contribution < -0.4 is 22.2 Å². The number of carbonyl (C=O) groups is 3. The van der Waals surface area contributed by atoms with Gasteiger partial charge in [-0.3, -0.25) is 24.5 Å². The van der Waals surface area contributed by atoms with Gasteiger partial charge in [-0.2, -0.15) is 0 Å². The van der Waals surface area contributed by atoms with Crippen molar-refractivity contribution in [3.05, 3.63) is 65.4 Å². The maximum absolute atomic E-state index is 12.4. The number of phenols is 1. The minimum absolute atomic E-state index is 0.116. The third-order valence-corrected chi connectivity index (χ3v) is 5.15. The van der Waals surface area contributed by atoms with Gasteiger partial charge in [-0.1, -0.05) is 30.3 Å².